The molecule has 0 bridgehead atoms. The van der Waals surface area contributed by atoms with Gasteiger partial charge in [0.1, 0.15) is 6.04 Å². The molecule has 2 fully saturated rings. The van der Waals surface area contributed by atoms with Gasteiger partial charge in [-0.3, -0.25) is 9.69 Å². The number of morpholine rings is 1. The number of carbonyl (C=O) groups is 1. The maximum atomic E-state index is 12.4. The summed E-state index contributed by atoms with van der Waals surface area (Å²) in [5.41, 5.74) is 5.90. The third kappa shape index (κ3) is 6.18. The molecule has 8 heteroatoms. The van der Waals surface area contributed by atoms with E-state index in [4.69, 9.17) is 15.2 Å². The summed E-state index contributed by atoms with van der Waals surface area (Å²) in [6.07, 6.45) is 3.34. The van der Waals surface area contributed by atoms with E-state index >= 15 is 0 Å². The fourth-order valence-electron chi connectivity index (χ4n) is 3.03. The summed E-state index contributed by atoms with van der Waals surface area (Å²) in [4.78, 5) is 16.8. The number of nitrogens with two attached hydrogens (primary N) is 1. The highest BCUT2D eigenvalue weighted by molar-refractivity contribution is 5.85. The molecule has 0 spiro atoms. The Hall–Kier alpha value is -0.110. The Morgan fingerprint density at radius 3 is 2.59 bits per heavy atom. The lowest BCUT2D eigenvalue weighted by Gasteiger charge is -2.40. The Kier molecular flexibility index (Phi) is 11.4. The summed E-state index contributed by atoms with van der Waals surface area (Å²) >= 11 is 0. The van der Waals surface area contributed by atoms with Crippen LogP contribution in [0.5, 0.6) is 0 Å². The van der Waals surface area contributed by atoms with Crippen molar-refractivity contribution < 1.29 is 14.3 Å². The molecule has 2 N–H and O–H groups in total. The summed E-state index contributed by atoms with van der Waals surface area (Å²) in [7, 11) is 1.58. The summed E-state index contributed by atoms with van der Waals surface area (Å²) in [6.45, 7) is 5.57. The second kappa shape index (κ2) is 11.4. The first kappa shape index (κ1) is 21.9. The van der Waals surface area contributed by atoms with E-state index in [0.29, 0.717) is 6.61 Å². The predicted octanol–water partition coefficient (Wildman–Crippen LogP) is 0.517. The average molecular weight is 358 g/mol. The maximum absolute atomic E-state index is 12.4. The monoisotopic (exact) mass is 357 g/mol. The van der Waals surface area contributed by atoms with Crippen LogP contribution in [0.2, 0.25) is 0 Å². The van der Waals surface area contributed by atoms with Crippen molar-refractivity contribution in [2.45, 2.75) is 31.3 Å². The minimum Gasteiger partial charge on any atom is -0.383 e. The van der Waals surface area contributed by atoms with Gasteiger partial charge in [-0.15, -0.1) is 24.8 Å². The standard InChI is InChI=1S/C14H27N3O3.2ClH/c1-19-11-13(15)14(18)17-5-3-2-4-12(17)10-16-6-8-20-9-7-16;;/h12-13H,2-11,15H2,1H3;2*1H. The number of rotatable bonds is 5. The quantitative estimate of drug-likeness (QED) is 0.776. The lowest BCUT2D eigenvalue weighted by Crippen LogP contribution is -2.56. The zero-order valence-corrected chi connectivity index (χ0v) is 14.9. The van der Waals surface area contributed by atoms with Gasteiger partial charge in [0.15, 0.2) is 0 Å². The molecule has 1 amide bonds. The molecule has 2 rings (SSSR count). The molecule has 2 saturated heterocycles. The normalized spacial score (nSPS) is 24.1. The molecule has 0 saturated carbocycles. The molecule has 2 aliphatic rings. The van der Waals surface area contributed by atoms with Gasteiger partial charge in [0.05, 0.1) is 19.8 Å². The number of piperidine rings is 1. The molecule has 6 nitrogen and oxygen atoms in total. The van der Waals surface area contributed by atoms with E-state index in [2.05, 4.69) is 4.90 Å². The third-order valence-corrected chi connectivity index (χ3v) is 4.15. The fourth-order valence-corrected chi connectivity index (χ4v) is 3.03. The zero-order chi connectivity index (χ0) is 14.4. The van der Waals surface area contributed by atoms with Crippen LogP contribution < -0.4 is 5.73 Å². The van der Waals surface area contributed by atoms with Crippen molar-refractivity contribution in [2.75, 3.05) is 53.1 Å². The first-order valence-electron chi connectivity index (χ1n) is 7.57. The Labute approximate surface area is 145 Å². The summed E-state index contributed by atoms with van der Waals surface area (Å²) in [5, 5.41) is 0. The SMILES string of the molecule is COCC(N)C(=O)N1CCCCC1CN1CCOCC1.Cl.Cl. The van der Waals surface area contributed by atoms with Crippen molar-refractivity contribution in [2.24, 2.45) is 5.73 Å². The Morgan fingerprint density at radius 2 is 1.95 bits per heavy atom. The first-order valence-corrected chi connectivity index (χ1v) is 7.57. The van der Waals surface area contributed by atoms with E-state index in [1.54, 1.807) is 7.11 Å². The van der Waals surface area contributed by atoms with Crippen molar-refractivity contribution in [1.82, 2.24) is 9.80 Å². The number of likely N-dealkylation sites (tertiary alicyclic amines) is 1. The summed E-state index contributed by atoms with van der Waals surface area (Å²) in [6, 6.07) is -0.248. The molecule has 2 aliphatic heterocycles. The van der Waals surface area contributed by atoms with E-state index in [1.807, 2.05) is 4.90 Å². The number of amides is 1. The van der Waals surface area contributed by atoms with E-state index in [9.17, 15) is 4.79 Å². The van der Waals surface area contributed by atoms with Crippen LogP contribution in [0, 0.1) is 0 Å². The van der Waals surface area contributed by atoms with Crippen molar-refractivity contribution in [3.63, 3.8) is 0 Å². The third-order valence-electron chi connectivity index (χ3n) is 4.15. The fraction of sp³-hybridized carbons (Fsp3) is 0.929. The van der Waals surface area contributed by atoms with Crippen LogP contribution in [-0.4, -0.2) is 80.9 Å². The molecule has 0 aromatic carbocycles. The highest BCUT2D eigenvalue weighted by atomic mass is 35.5. The second-order valence-corrected chi connectivity index (χ2v) is 5.66. The molecule has 0 aliphatic carbocycles. The first-order chi connectivity index (χ1) is 9.72. The van der Waals surface area contributed by atoms with Gasteiger partial charge in [-0.25, -0.2) is 0 Å². The van der Waals surface area contributed by atoms with Crippen LogP contribution in [0.25, 0.3) is 0 Å². The highest BCUT2D eigenvalue weighted by Gasteiger charge is 2.31. The van der Waals surface area contributed by atoms with Crippen LogP contribution in [0.1, 0.15) is 19.3 Å². The molecule has 0 aromatic rings. The summed E-state index contributed by atoms with van der Waals surface area (Å²) in [5.74, 6) is 0.0322. The number of halogens is 2. The van der Waals surface area contributed by atoms with Crippen LogP contribution in [0.15, 0.2) is 0 Å². The van der Waals surface area contributed by atoms with Gasteiger partial charge in [-0.2, -0.15) is 0 Å². The van der Waals surface area contributed by atoms with E-state index < -0.39 is 6.04 Å². The highest BCUT2D eigenvalue weighted by Crippen LogP contribution is 2.19. The van der Waals surface area contributed by atoms with Gasteiger partial charge in [0.25, 0.3) is 0 Å². The molecule has 22 heavy (non-hydrogen) atoms. The predicted molar refractivity (Wildman–Crippen MR) is 91.0 cm³/mol. The number of methoxy groups -OCH3 is 1. The van der Waals surface area contributed by atoms with Gasteiger partial charge >= 0.3 is 0 Å². The lowest BCUT2D eigenvalue weighted by molar-refractivity contribution is -0.138. The number of carbonyl (C=O) groups excluding carboxylic acids is 1. The van der Waals surface area contributed by atoms with Crippen LogP contribution in [-0.2, 0) is 14.3 Å². The van der Waals surface area contributed by atoms with Crippen LogP contribution in [0.3, 0.4) is 0 Å². The van der Waals surface area contributed by atoms with Crippen molar-refractivity contribution >= 4 is 30.7 Å². The Balaban J connectivity index is 0.00000220. The van der Waals surface area contributed by atoms with Gasteiger partial charge in [-0.05, 0) is 19.3 Å². The molecule has 0 radical (unpaired) electrons. The maximum Gasteiger partial charge on any atom is 0.242 e. The zero-order valence-electron chi connectivity index (χ0n) is 13.2. The molecule has 0 aromatic heterocycles. The molecule has 2 heterocycles. The van der Waals surface area contributed by atoms with E-state index in [-0.39, 0.29) is 36.8 Å². The Bertz CT molecular complexity index is 318. The molecule has 2 atom stereocenters. The minimum atomic E-state index is -0.537. The molecule has 132 valence electrons. The van der Waals surface area contributed by atoms with Gasteiger partial charge < -0.3 is 20.1 Å². The number of ether oxygens (including phenoxy) is 2. The van der Waals surface area contributed by atoms with Crippen molar-refractivity contribution in [3.05, 3.63) is 0 Å². The second-order valence-electron chi connectivity index (χ2n) is 5.66. The number of hydrogen-bond donors (Lipinski definition) is 1. The Morgan fingerprint density at radius 1 is 1.27 bits per heavy atom. The van der Waals surface area contributed by atoms with Gasteiger partial charge in [0, 0.05) is 39.3 Å². The van der Waals surface area contributed by atoms with Crippen LogP contribution >= 0.6 is 24.8 Å². The smallest absolute Gasteiger partial charge is 0.242 e. The topological polar surface area (TPSA) is 68.0 Å². The molecular weight excluding hydrogens is 329 g/mol. The van der Waals surface area contributed by atoms with Gasteiger partial charge in [0.2, 0.25) is 5.91 Å². The van der Waals surface area contributed by atoms with Crippen LogP contribution in [0.4, 0.5) is 0 Å². The molecule has 2 unspecified atom stereocenters. The van der Waals surface area contributed by atoms with Crippen molar-refractivity contribution in [1.29, 1.82) is 0 Å². The van der Waals surface area contributed by atoms with Gasteiger partial charge in [-0.1, -0.05) is 0 Å². The average Bonchev–Trinajstić information content (AvgIpc) is 2.48. The van der Waals surface area contributed by atoms with E-state index in [1.165, 1.54) is 6.42 Å². The number of nitrogens with zero attached hydrogens (tertiary/aromatic N) is 2. The largest absolute Gasteiger partial charge is 0.383 e. The minimum absolute atomic E-state index is 0. The lowest BCUT2D eigenvalue weighted by atomic mass is 10.0. The molecular formula is C14H29Cl2N3O3. The summed E-state index contributed by atoms with van der Waals surface area (Å²) < 4.78 is 10.4. The van der Waals surface area contributed by atoms with E-state index in [0.717, 1.165) is 52.2 Å². The number of hydrogen-bond acceptors (Lipinski definition) is 5. The van der Waals surface area contributed by atoms with Crippen molar-refractivity contribution in [3.8, 4) is 0 Å².